The van der Waals surface area contributed by atoms with E-state index in [0.717, 1.165) is 7.14 Å². The maximum Gasteiger partial charge on any atom is 0.227 e. The van der Waals surface area contributed by atoms with E-state index in [0.29, 0.717) is 33.8 Å². The van der Waals surface area contributed by atoms with Gasteiger partial charge in [0.15, 0.2) is 5.58 Å². The normalized spacial score (nSPS) is 11.5. The van der Waals surface area contributed by atoms with Crippen LogP contribution in [0.25, 0.3) is 22.6 Å². The molecule has 7 heteroatoms. The van der Waals surface area contributed by atoms with Crippen molar-refractivity contribution in [3.8, 4) is 17.2 Å². The van der Waals surface area contributed by atoms with E-state index in [2.05, 4.69) is 55.2 Å². The summed E-state index contributed by atoms with van der Waals surface area (Å²) in [6, 6.07) is 15.2. The number of aromatic hydroxyl groups is 1. The quantitative estimate of drug-likeness (QED) is 0.227. The minimum atomic E-state index is -0.341. The Bertz CT molecular complexity index is 1190. The number of phenols is 1. The van der Waals surface area contributed by atoms with E-state index in [4.69, 9.17) is 4.42 Å². The zero-order valence-corrected chi connectivity index (χ0v) is 18.0. The van der Waals surface area contributed by atoms with Crippen molar-refractivity contribution in [1.29, 1.82) is 0 Å². The summed E-state index contributed by atoms with van der Waals surface area (Å²) in [6.07, 6.45) is 1.62. The van der Waals surface area contributed by atoms with E-state index < -0.39 is 0 Å². The third-order valence-electron chi connectivity index (χ3n) is 3.85. The summed E-state index contributed by atoms with van der Waals surface area (Å²) in [5, 5.41) is 10.2. The van der Waals surface area contributed by atoms with Crippen LogP contribution in [0.2, 0.25) is 0 Å². The molecular formula is C20H11FI2N2O2. The minimum absolute atomic E-state index is 0.204. The highest BCUT2D eigenvalue weighted by atomic mass is 127. The monoisotopic (exact) mass is 584 g/mol. The van der Waals surface area contributed by atoms with Crippen LogP contribution in [0.5, 0.6) is 5.75 Å². The third-order valence-corrected chi connectivity index (χ3v) is 5.30. The average molecular weight is 584 g/mol. The van der Waals surface area contributed by atoms with E-state index in [-0.39, 0.29) is 11.6 Å². The smallest absolute Gasteiger partial charge is 0.227 e. The summed E-state index contributed by atoms with van der Waals surface area (Å²) in [5.74, 6) is 0.220. The number of hydrogen-bond acceptors (Lipinski definition) is 4. The van der Waals surface area contributed by atoms with Gasteiger partial charge in [-0.15, -0.1) is 0 Å². The Kier molecular flexibility index (Phi) is 5.13. The van der Waals surface area contributed by atoms with Gasteiger partial charge in [-0.25, -0.2) is 9.37 Å². The Morgan fingerprint density at radius 3 is 2.74 bits per heavy atom. The average Bonchev–Trinajstić information content (AvgIpc) is 3.07. The number of fused-ring (bicyclic) bond motifs is 1. The highest BCUT2D eigenvalue weighted by Crippen LogP contribution is 2.29. The molecular weight excluding hydrogens is 573 g/mol. The van der Waals surface area contributed by atoms with Gasteiger partial charge < -0.3 is 9.52 Å². The molecule has 1 aromatic heterocycles. The first-order valence-corrected chi connectivity index (χ1v) is 10.0. The van der Waals surface area contributed by atoms with E-state index >= 15 is 0 Å². The zero-order chi connectivity index (χ0) is 19.0. The SMILES string of the molecule is Oc1c(I)cc(I)cc1C=Nc1ccc2oc(-c3cccc(F)c3)nc2c1. The van der Waals surface area contributed by atoms with Gasteiger partial charge in [0.2, 0.25) is 5.89 Å². The third kappa shape index (κ3) is 3.98. The molecule has 0 saturated carbocycles. The van der Waals surface area contributed by atoms with Crippen molar-refractivity contribution in [2.45, 2.75) is 0 Å². The summed E-state index contributed by atoms with van der Waals surface area (Å²) in [4.78, 5) is 8.86. The number of benzene rings is 3. The Balaban J connectivity index is 1.68. The van der Waals surface area contributed by atoms with Crippen LogP contribution in [-0.2, 0) is 0 Å². The predicted octanol–water partition coefficient (Wildman–Crippen LogP) is 6.30. The highest BCUT2D eigenvalue weighted by Gasteiger charge is 2.10. The van der Waals surface area contributed by atoms with Crippen molar-refractivity contribution in [3.63, 3.8) is 0 Å². The Morgan fingerprint density at radius 2 is 1.93 bits per heavy atom. The largest absolute Gasteiger partial charge is 0.506 e. The fourth-order valence-corrected chi connectivity index (χ4v) is 4.46. The molecule has 0 radical (unpaired) electrons. The zero-order valence-electron chi connectivity index (χ0n) is 13.7. The van der Waals surface area contributed by atoms with Gasteiger partial charge in [-0.2, -0.15) is 0 Å². The molecule has 0 amide bonds. The van der Waals surface area contributed by atoms with E-state index in [1.54, 1.807) is 36.5 Å². The molecule has 0 atom stereocenters. The number of aliphatic imine (C=N–C) groups is 1. The van der Waals surface area contributed by atoms with Gasteiger partial charge in [0, 0.05) is 20.9 Å². The molecule has 0 fully saturated rings. The number of rotatable bonds is 3. The highest BCUT2D eigenvalue weighted by molar-refractivity contribution is 14.1. The van der Waals surface area contributed by atoms with Crippen molar-refractivity contribution in [3.05, 3.63) is 73.1 Å². The van der Waals surface area contributed by atoms with Crippen molar-refractivity contribution in [2.24, 2.45) is 4.99 Å². The molecule has 0 aliphatic rings. The first-order valence-electron chi connectivity index (χ1n) is 7.88. The van der Waals surface area contributed by atoms with Gasteiger partial charge in [-0.3, -0.25) is 4.99 Å². The summed E-state index contributed by atoms with van der Waals surface area (Å²) >= 11 is 4.28. The maximum absolute atomic E-state index is 13.4. The lowest BCUT2D eigenvalue weighted by molar-refractivity contribution is 0.470. The van der Waals surface area contributed by atoms with Crippen LogP contribution < -0.4 is 0 Å². The number of oxazole rings is 1. The second kappa shape index (κ2) is 7.55. The number of nitrogens with zero attached hydrogens (tertiary/aromatic N) is 2. The van der Waals surface area contributed by atoms with Crippen LogP contribution in [0.1, 0.15) is 5.56 Å². The standard InChI is InChI=1S/C20H11FI2N2O2/c21-13-3-1-2-11(6-13)20-25-17-9-15(4-5-18(17)27-20)24-10-12-7-14(22)8-16(23)19(12)26/h1-10,26H. The van der Waals surface area contributed by atoms with Gasteiger partial charge >= 0.3 is 0 Å². The van der Waals surface area contributed by atoms with Crippen molar-refractivity contribution < 1.29 is 13.9 Å². The molecule has 134 valence electrons. The number of halogens is 3. The van der Waals surface area contributed by atoms with Gasteiger partial charge in [-0.1, -0.05) is 6.07 Å². The van der Waals surface area contributed by atoms with Gasteiger partial charge in [0.25, 0.3) is 0 Å². The van der Waals surface area contributed by atoms with Crippen LogP contribution in [0.3, 0.4) is 0 Å². The van der Waals surface area contributed by atoms with Crippen LogP contribution >= 0.6 is 45.2 Å². The summed E-state index contributed by atoms with van der Waals surface area (Å²) < 4.78 is 20.9. The molecule has 1 heterocycles. The van der Waals surface area contributed by atoms with Crippen molar-refractivity contribution in [2.75, 3.05) is 0 Å². The Hall–Kier alpha value is -2.01. The fourth-order valence-electron chi connectivity index (χ4n) is 2.57. The molecule has 1 N–H and O–H groups in total. The van der Waals surface area contributed by atoms with E-state index in [1.165, 1.54) is 12.1 Å². The molecule has 4 rings (SSSR count). The molecule has 27 heavy (non-hydrogen) atoms. The van der Waals surface area contributed by atoms with Crippen LogP contribution in [-0.4, -0.2) is 16.3 Å². The second-order valence-electron chi connectivity index (χ2n) is 5.77. The first kappa shape index (κ1) is 18.4. The summed E-state index contributed by atoms with van der Waals surface area (Å²) in [6.45, 7) is 0. The van der Waals surface area contributed by atoms with Crippen LogP contribution in [0.4, 0.5) is 10.1 Å². The molecule has 3 aromatic carbocycles. The number of phenolic OH excluding ortho intramolecular Hbond substituents is 1. The fraction of sp³-hybridized carbons (Fsp3) is 0. The molecule has 4 nitrogen and oxygen atoms in total. The lowest BCUT2D eigenvalue weighted by atomic mass is 10.2. The van der Waals surface area contributed by atoms with E-state index in [9.17, 15) is 9.50 Å². The Morgan fingerprint density at radius 1 is 1.07 bits per heavy atom. The molecule has 0 bridgehead atoms. The first-order chi connectivity index (χ1) is 13.0. The molecule has 0 aliphatic heterocycles. The van der Waals surface area contributed by atoms with E-state index in [1.807, 2.05) is 12.1 Å². The molecule has 4 aromatic rings. The number of aromatic nitrogens is 1. The summed E-state index contributed by atoms with van der Waals surface area (Å²) in [5.41, 5.74) is 3.13. The predicted molar refractivity (Wildman–Crippen MR) is 120 cm³/mol. The van der Waals surface area contributed by atoms with Crippen molar-refractivity contribution >= 4 is 68.2 Å². The molecule has 0 aliphatic carbocycles. The van der Waals surface area contributed by atoms with Gasteiger partial charge in [-0.05, 0) is 93.7 Å². The lowest BCUT2D eigenvalue weighted by Gasteiger charge is -2.02. The summed E-state index contributed by atoms with van der Waals surface area (Å²) in [7, 11) is 0. The van der Waals surface area contributed by atoms with Crippen LogP contribution in [0.15, 0.2) is 64.0 Å². The number of hydrogen-bond donors (Lipinski definition) is 1. The molecule has 0 spiro atoms. The minimum Gasteiger partial charge on any atom is -0.506 e. The molecule has 0 unspecified atom stereocenters. The lowest BCUT2D eigenvalue weighted by Crippen LogP contribution is -1.87. The topological polar surface area (TPSA) is 58.6 Å². The van der Waals surface area contributed by atoms with Gasteiger partial charge in [0.05, 0.1) is 9.26 Å². The maximum atomic E-state index is 13.4. The molecule has 0 saturated heterocycles. The second-order valence-corrected chi connectivity index (χ2v) is 8.17. The van der Waals surface area contributed by atoms with Crippen LogP contribution in [0, 0.1) is 13.0 Å². The Labute approximate surface area is 181 Å². The van der Waals surface area contributed by atoms with Crippen molar-refractivity contribution in [1.82, 2.24) is 4.98 Å². The van der Waals surface area contributed by atoms with Gasteiger partial charge in [0.1, 0.15) is 17.1 Å².